The third kappa shape index (κ3) is 27.5. The number of hydrogen-bond acceptors (Lipinski definition) is 10. The molecule has 436 valence electrons. The Hall–Kier alpha value is -7.25. The fraction of sp³-hybridized carbons (Fsp3) is 0.148. The van der Waals surface area contributed by atoms with E-state index < -0.39 is 23.7 Å². The molecule has 0 saturated heterocycles. The van der Waals surface area contributed by atoms with Crippen LogP contribution in [0.15, 0.2) is 183 Å². The van der Waals surface area contributed by atoms with Crippen LogP contribution in [0.4, 0.5) is 26.3 Å². The average Bonchev–Trinajstić information content (AvgIpc) is 4.29. The van der Waals surface area contributed by atoms with Gasteiger partial charge in [0.25, 0.3) is 0 Å². The first-order valence-corrected chi connectivity index (χ1v) is 23.1. The van der Waals surface area contributed by atoms with Gasteiger partial charge in [0.2, 0.25) is 0 Å². The quantitative estimate of drug-likeness (QED) is 0.149. The first-order valence-electron chi connectivity index (χ1n) is 23.1. The van der Waals surface area contributed by atoms with E-state index in [1.54, 1.807) is 85.7 Å². The summed E-state index contributed by atoms with van der Waals surface area (Å²) >= 11 is 0. The van der Waals surface area contributed by atoms with E-state index in [0.717, 1.165) is 57.7 Å². The van der Waals surface area contributed by atoms with Crippen molar-refractivity contribution in [2.24, 2.45) is 0 Å². The fourth-order valence-corrected chi connectivity index (χ4v) is 5.80. The molecule has 0 amide bonds. The van der Waals surface area contributed by atoms with E-state index >= 15 is 0 Å². The van der Waals surface area contributed by atoms with Crippen LogP contribution in [0.2, 0.25) is 0 Å². The van der Waals surface area contributed by atoms with Gasteiger partial charge in [-0.1, -0.05) is 97.0 Å². The minimum absolute atomic E-state index is 0. The van der Waals surface area contributed by atoms with Crippen LogP contribution in [0.1, 0.15) is 45.3 Å². The fourth-order valence-electron chi connectivity index (χ4n) is 5.80. The number of nitrogens with zero attached hydrogens (tertiary/aromatic N) is 18. The third-order valence-corrected chi connectivity index (χ3v) is 9.22. The number of hydrogen-bond donors (Lipinski definition) is 0. The average molecular weight is 1840 g/mol. The molecule has 82 heavy (non-hydrogen) atoms. The van der Waals surface area contributed by atoms with E-state index in [2.05, 4.69) is 91.1 Å². The van der Waals surface area contributed by atoms with Gasteiger partial charge in [-0.15, -0.1) is 22.8 Å². The SMILES string of the molecule is Cc1c[n-]c(-c2ccccn2)c1.Cc1c[n-]c(-c2ccccn2)c1.Cc1cc(C)[n-]n1.Cc1cc(C)[n-]n1.FC(F)(F)c1cc(-c2ccccn2)[n-]n1.FC(F)(F)c1cc(-c2ccccn2)[n-]n1.[Pt+2].[Pt+2].[Pt+2].[Pt+2].c1cn[n-]c1.c1cn[n-]c1. The number of pyridine rings is 4. The second-order valence-electron chi connectivity index (χ2n) is 15.8. The van der Waals surface area contributed by atoms with E-state index in [1.165, 1.54) is 23.5 Å². The third-order valence-electron chi connectivity index (χ3n) is 9.22. The van der Waals surface area contributed by atoms with Crippen molar-refractivity contribution in [1.29, 1.82) is 0 Å². The Bertz CT molecular complexity index is 3120. The molecule has 0 spiro atoms. The van der Waals surface area contributed by atoms with Crippen molar-refractivity contribution < 1.29 is 111 Å². The van der Waals surface area contributed by atoms with Crippen LogP contribution < -0.4 is 40.6 Å². The smallest absolute Gasteiger partial charge is 0.662 e. The number of aryl methyl sites for hydroxylation is 6. The predicted octanol–water partition coefficient (Wildman–Crippen LogP) is 9.65. The molecule has 12 rings (SSSR count). The molecule has 0 radical (unpaired) electrons. The largest absolute Gasteiger partial charge is 2.00 e. The minimum Gasteiger partial charge on any atom is -0.662 e. The Balaban J connectivity index is 0.000000478. The van der Waals surface area contributed by atoms with Crippen LogP contribution in [0.3, 0.4) is 0 Å². The summed E-state index contributed by atoms with van der Waals surface area (Å²) in [5.41, 5.74) is 9.13. The van der Waals surface area contributed by atoms with Gasteiger partial charge in [0.15, 0.2) is 0 Å². The zero-order valence-electron chi connectivity index (χ0n) is 43.9. The van der Waals surface area contributed by atoms with Crippen molar-refractivity contribution in [2.45, 2.75) is 53.9 Å². The van der Waals surface area contributed by atoms with Crippen LogP contribution in [0.25, 0.3) is 45.6 Å². The summed E-state index contributed by atoms with van der Waals surface area (Å²) in [6, 6.07) is 34.7. The summed E-state index contributed by atoms with van der Waals surface area (Å²) in [6.45, 7) is 11.8. The van der Waals surface area contributed by atoms with E-state index in [1.807, 2.05) is 115 Å². The normalized spacial score (nSPS) is 9.80. The predicted molar refractivity (Wildman–Crippen MR) is 276 cm³/mol. The maximum absolute atomic E-state index is 12.2. The molecule has 28 heteroatoms. The van der Waals surface area contributed by atoms with Gasteiger partial charge in [0.05, 0.1) is 0 Å². The molecule has 0 bridgehead atoms. The number of halogens is 6. The van der Waals surface area contributed by atoms with Crippen LogP contribution in [-0.4, -0.2) is 50.5 Å². The Labute approximate surface area is 525 Å². The van der Waals surface area contributed by atoms with Crippen LogP contribution in [0, 0.1) is 41.5 Å². The first kappa shape index (κ1) is 72.8. The topological polar surface area (TPSA) is 242 Å². The van der Waals surface area contributed by atoms with E-state index in [9.17, 15) is 26.3 Å². The molecule has 12 heterocycles. The summed E-state index contributed by atoms with van der Waals surface area (Å²) in [7, 11) is 0. The van der Waals surface area contributed by atoms with Crippen molar-refractivity contribution in [2.75, 3.05) is 0 Å². The van der Waals surface area contributed by atoms with Crippen molar-refractivity contribution in [3.8, 4) is 45.6 Å². The van der Waals surface area contributed by atoms with Crippen LogP contribution >= 0.6 is 0 Å². The molecular formula is C54H48F6N18Pt4. The van der Waals surface area contributed by atoms with Gasteiger partial charge in [-0.25, -0.2) is 0 Å². The molecule has 0 N–H and O–H groups in total. The second-order valence-corrected chi connectivity index (χ2v) is 15.8. The maximum Gasteiger partial charge on any atom is 2.00 e. The monoisotopic (exact) mass is 1840 g/mol. The molecule has 0 fully saturated rings. The summed E-state index contributed by atoms with van der Waals surface area (Å²) in [5.74, 6) is 0. The van der Waals surface area contributed by atoms with Gasteiger partial charge in [0.1, 0.15) is 11.4 Å². The molecule has 0 unspecified atom stereocenters. The van der Waals surface area contributed by atoms with E-state index in [-0.39, 0.29) is 95.6 Å². The molecule has 0 aliphatic carbocycles. The van der Waals surface area contributed by atoms with Crippen molar-refractivity contribution >= 4 is 0 Å². The summed E-state index contributed by atoms with van der Waals surface area (Å²) in [6.07, 6.45) is 7.86. The molecule has 12 aromatic heterocycles. The van der Waals surface area contributed by atoms with Crippen LogP contribution in [-0.2, 0) is 96.6 Å². The first-order chi connectivity index (χ1) is 37.4. The summed E-state index contributed by atoms with van der Waals surface area (Å²) in [5, 5.41) is 41.9. The Morgan fingerprint density at radius 2 is 0.683 bits per heavy atom. The minimum atomic E-state index is -4.46. The van der Waals surface area contributed by atoms with Gasteiger partial charge in [-0.2, -0.15) is 51.1 Å². The molecule has 0 aliphatic rings. The Morgan fingerprint density at radius 3 is 0.854 bits per heavy atom. The number of alkyl halides is 6. The summed E-state index contributed by atoms with van der Waals surface area (Å²) in [4.78, 5) is 24.6. The van der Waals surface area contributed by atoms with Crippen molar-refractivity contribution in [1.82, 2.24) is 91.1 Å². The molecular weight excluding hydrogens is 1800 g/mol. The number of rotatable bonds is 4. The molecule has 0 aromatic carbocycles. The van der Waals surface area contributed by atoms with Crippen molar-refractivity contribution in [3.05, 3.63) is 229 Å². The second kappa shape index (κ2) is 38.5. The molecule has 0 saturated carbocycles. The summed E-state index contributed by atoms with van der Waals surface area (Å²) < 4.78 is 73.2. The zero-order chi connectivity index (χ0) is 56.2. The van der Waals surface area contributed by atoms with Gasteiger partial charge in [0, 0.05) is 71.3 Å². The molecule has 18 nitrogen and oxygen atoms in total. The van der Waals surface area contributed by atoms with Crippen LogP contribution in [0.5, 0.6) is 0 Å². The zero-order valence-corrected chi connectivity index (χ0v) is 53.0. The molecule has 0 aliphatic heterocycles. The van der Waals surface area contributed by atoms with E-state index in [4.69, 9.17) is 0 Å². The van der Waals surface area contributed by atoms with Crippen molar-refractivity contribution in [3.63, 3.8) is 0 Å². The molecule has 0 atom stereocenters. The van der Waals surface area contributed by atoms with Gasteiger partial charge in [-0.05, 0) is 88.4 Å². The standard InChI is InChI=1S/2C10H9N2.2C9H5F3N3.2C5H7N2.2C3H3N2.4Pt/c2*1-8-6-10(12-7-8)9-4-2-3-5-11-9;2*10-9(11,12)8-5-7(14-15-8)6-3-1-2-4-13-6;2*1-4-3-5(2)7-6-4;2*1-2-4-5-3-1;;;;/h2*2-7H,1H3;2*1-5H;2*3H,1-2H3;2*1-3H;;;;/q8*-1;4*+2. The maximum atomic E-state index is 12.2. The van der Waals surface area contributed by atoms with E-state index in [0.29, 0.717) is 11.4 Å². The van der Waals surface area contributed by atoms with Gasteiger partial charge in [-0.3, -0.25) is 19.9 Å². The van der Waals surface area contributed by atoms with Gasteiger partial charge < -0.3 is 71.2 Å². The molecule has 12 aromatic rings. The van der Waals surface area contributed by atoms with Gasteiger partial charge >= 0.3 is 96.6 Å². The number of aromatic nitrogens is 18. The Kier molecular flexibility index (Phi) is 34.1. The Morgan fingerprint density at radius 1 is 0.354 bits per heavy atom.